The molecule has 5 heteroatoms. The second kappa shape index (κ2) is 10.2. The van der Waals surface area contributed by atoms with Crippen molar-refractivity contribution in [3.63, 3.8) is 0 Å². The van der Waals surface area contributed by atoms with E-state index >= 15 is 0 Å². The number of nitrogens with zero attached hydrogens (tertiary/aromatic N) is 1. The van der Waals surface area contributed by atoms with Gasteiger partial charge in [0, 0.05) is 0 Å². The van der Waals surface area contributed by atoms with E-state index < -0.39 is 11.6 Å². The summed E-state index contributed by atoms with van der Waals surface area (Å²) in [6, 6.07) is 18.2. The van der Waals surface area contributed by atoms with Crippen LogP contribution in [0.2, 0.25) is 0 Å². The monoisotopic (exact) mass is 523 g/mol. The Morgan fingerprint density at radius 2 is 1.40 bits per heavy atom. The lowest BCUT2D eigenvalue weighted by Gasteiger charge is -2.41. The third kappa shape index (κ3) is 5.83. The highest BCUT2D eigenvalue weighted by Gasteiger charge is 2.44. The van der Waals surface area contributed by atoms with Crippen LogP contribution in [-0.4, -0.2) is 49.9 Å². The lowest BCUT2D eigenvalue weighted by atomic mass is 9.74. The van der Waals surface area contributed by atoms with Gasteiger partial charge >= 0.3 is 5.97 Å². The molecule has 30 heavy (non-hydrogen) atoms. The zero-order chi connectivity index (χ0) is 21.0. The van der Waals surface area contributed by atoms with Crippen molar-refractivity contribution in [1.29, 1.82) is 0 Å². The van der Waals surface area contributed by atoms with E-state index in [1.54, 1.807) is 24.3 Å². The third-order valence-electron chi connectivity index (χ3n) is 5.91. The Bertz CT molecular complexity index is 757. The number of hydrogen-bond donors (Lipinski definition) is 1. The third-order valence-corrected chi connectivity index (χ3v) is 5.91. The van der Waals surface area contributed by atoms with Crippen LogP contribution < -0.4 is 24.0 Å². The minimum absolute atomic E-state index is 0. The first-order valence-corrected chi connectivity index (χ1v) is 10.6. The van der Waals surface area contributed by atoms with Gasteiger partial charge in [-0.1, -0.05) is 79.9 Å². The Kier molecular flexibility index (Phi) is 8.48. The van der Waals surface area contributed by atoms with Crippen LogP contribution >= 0.6 is 0 Å². The lowest BCUT2D eigenvalue weighted by Crippen LogP contribution is -3.00. The van der Waals surface area contributed by atoms with E-state index in [1.807, 2.05) is 36.4 Å². The van der Waals surface area contributed by atoms with Crippen LogP contribution in [-0.2, 0) is 15.1 Å². The Morgan fingerprint density at radius 1 is 0.933 bits per heavy atom. The van der Waals surface area contributed by atoms with E-state index in [0.29, 0.717) is 17.7 Å². The molecule has 4 nitrogen and oxygen atoms in total. The molecule has 0 bridgehead atoms. The summed E-state index contributed by atoms with van der Waals surface area (Å²) in [5.41, 5.74) is -0.781. The lowest BCUT2D eigenvalue weighted by molar-refractivity contribution is -0.877. The van der Waals surface area contributed by atoms with Gasteiger partial charge in [0.05, 0.1) is 33.1 Å². The van der Waals surface area contributed by atoms with E-state index in [-0.39, 0.29) is 29.4 Å². The van der Waals surface area contributed by atoms with Crippen molar-refractivity contribution in [1.82, 2.24) is 0 Å². The van der Waals surface area contributed by atoms with Gasteiger partial charge in [0.1, 0.15) is 6.61 Å². The van der Waals surface area contributed by atoms with Gasteiger partial charge in [0.2, 0.25) is 5.60 Å². The molecule has 0 radical (unpaired) electrons. The number of benzene rings is 2. The highest BCUT2D eigenvalue weighted by molar-refractivity contribution is 5.85. The van der Waals surface area contributed by atoms with Crippen LogP contribution in [0.1, 0.15) is 43.2 Å². The maximum absolute atomic E-state index is 13.3. The number of carbonyl (C=O) groups is 1. The first kappa shape index (κ1) is 24.8. The van der Waals surface area contributed by atoms with E-state index in [0.717, 1.165) is 23.9 Å². The molecule has 0 unspecified atom stereocenters. The van der Waals surface area contributed by atoms with Gasteiger partial charge in [-0.05, 0) is 24.0 Å². The molecule has 0 spiro atoms. The van der Waals surface area contributed by atoms with Gasteiger partial charge in [-0.25, -0.2) is 4.79 Å². The Balaban J connectivity index is 0.00000320. The molecule has 0 aromatic heterocycles. The number of hydrogen-bond acceptors (Lipinski definition) is 3. The predicted molar refractivity (Wildman–Crippen MR) is 115 cm³/mol. The maximum atomic E-state index is 13.3. The van der Waals surface area contributed by atoms with Gasteiger partial charge < -0.3 is 38.3 Å². The summed E-state index contributed by atoms with van der Waals surface area (Å²) >= 11 is 0. The SMILES string of the molecule is C[N+](C)(C)CC1(COC(=O)C(O)(c2ccccc2)c2ccccc2)CCCCC1.[I-]. The summed E-state index contributed by atoms with van der Waals surface area (Å²) in [4.78, 5) is 13.3. The molecule has 0 aliphatic heterocycles. The van der Waals surface area contributed by atoms with Crippen molar-refractivity contribution in [2.24, 2.45) is 5.41 Å². The number of aliphatic hydroxyl groups is 1. The average Bonchev–Trinajstić information content (AvgIpc) is 2.72. The number of carbonyl (C=O) groups excluding carboxylic acids is 1. The Labute approximate surface area is 197 Å². The molecule has 1 saturated carbocycles. The molecule has 164 valence electrons. The minimum atomic E-state index is -1.81. The maximum Gasteiger partial charge on any atom is 0.347 e. The van der Waals surface area contributed by atoms with Crippen LogP contribution in [0.15, 0.2) is 60.7 Å². The first-order valence-electron chi connectivity index (χ1n) is 10.6. The fourth-order valence-electron chi connectivity index (χ4n) is 4.74. The molecule has 1 N–H and O–H groups in total. The smallest absolute Gasteiger partial charge is 0.347 e. The second-order valence-corrected chi connectivity index (χ2v) is 9.53. The van der Waals surface area contributed by atoms with Gasteiger partial charge in [-0.2, -0.15) is 0 Å². The van der Waals surface area contributed by atoms with Gasteiger partial charge in [0.25, 0.3) is 0 Å². The quantitative estimate of drug-likeness (QED) is 0.337. The molecular weight excluding hydrogens is 489 g/mol. The predicted octanol–water partition coefficient (Wildman–Crippen LogP) is 1.13. The van der Waals surface area contributed by atoms with E-state index in [2.05, 4.69) is 21.1 Å². The number of quaternary nitrogens is 1. The zero-order valence-electron chi connectivity index (χ0n) is 18.3. The standard InChI is InChI=1S/C25H34NO3.HI/c1-26(2,3)19-24(17-11-6-12-18-24)20-29-23(27)25(28,21-13-7-4-8-14-21)22-15-9-5-10-16-22;/h4-5,7-10,13-16,28H,6,11-12,17-20H2,1-3H3;1H/q+1;/p-1. The van der Waals surface area contributed by atoms with Crippen molar-refractivity contribution >= 4 is 5.97 Å². The minimum Gasteiger partial charge on any atom is -1.00 e. The van der Waals surface area contributed by atoms with Gasteiger partial charge in [-0.3, -0.25) is 0 Å². The molecule has 0 atom stereocenters. The van der Waals surface area contributed by atoms with Crippen molar-refractivity contribution in [2.45, 2.75) is 37.7 Å². The largest absolute Gasteiger partial charge is 1.00 e. The number of ether oxygens (including phenoxy) is 1. The van der Waals surface area contributed by atoms with E-state index in [4.69, 9.17) is 4.74 Å². The Hall–Kier alpha value is -1.44. The molecule has 2 aromatic rings. The molecular formula is C25H34INO3. The van der Waals surface area contributed by atoms with Crippen molar-refractivity contribution in [3.05, 3.63) is 71.8 Å². The molecule has 1 aliphatic carbocycles. The number of esters is 1. The van der Waals surface area contributed by atoms with Crippen LogP contribution in [0, 0.1) is 5.41 Å². The first-order chi connectivity index (χ1) is 13.8. The molecule has 0 heterocycles. The number of halogens is 1. The van der Waals surface area contributed by atoms with Crippen LogP contribution in [0.4, 0.5) is 0 Å². The molecule has 1 aliphatic rings. The summed E-state index contributed by atoms with van der Waals surface area (Å²) in [5, 5.41) is 11.6. The fraction of sp³-hybridized carbons (Fsp3) is 0.480. The highest BCUT2D eigenvalue weighted by Crippen LogP contribution is 2.39. The van der Waals surface area contributed by atoms with Gasteiger partial charge in [0.15, 0.2) is 0 Å². The van der Waals surface area contributed by atoms with Crippen LogP contribution in [0.3, 0.4) is 0 Å². The van der Waals surface area contributed by atoms with Crippen molar-refractivity contribution in [3.8, 4) is 0 Å². The summed E-state index contributed by atoms with van der Waals surface area (Å²) in [6.45, 7) is 1.30. The summed E-state index contributed by atoms with van der Waals surface area (Å²) < 4.78 is 6.74. The molecule has 3 rings (SSSR count). The Morgan fingerprint density at radius 3 is 1.83 bits per heavy atom. The van der Waals surface area contributed by atoms with E-state index in [9.17, 15) is 9.90 Å². The van der Waals surface area contributed by atoms with Crippen molar-refractivity contribution in [2.75, 3.05) is 34.3 Å². The molecule has 0 saturated heterocycles. The second-order valence-electron chi connectivity index (χ2n) is 9.53. The van der Waals surface area contributed by atoms with Crippen molar-refractivity contribution < 1.29 is 43.1 Å². The van der Waals surface area contributed by atoms with Crippen LogP contribution in [0.25, 0.3) is 0 Å². The summed E-state index contributed by atoms with van der Waals surface area (Å²) in [6.07, 6.45) is 5.69. The zero-order valence-corrected chi connectivity index (χ0v) is 20.5. The van der Waals surface area contributed by atoms with E-state index in [1.165, 1.54) is 19.3 Å². The summed E-state index contributed by atoms with van der Waals surface area (Å²) in [5.74, 6) is -0.596. The average molecular weight is 523 g/mol. The fourth-order valence-corrected chi connectivity index (χ4v) is 4.74. The molecule has 2 aromatic carbocycles. The molecule has 1 fully saturated rings. The highest BCUT2D eigenvalue weighted by atomic mass is 127. The summed E-state index contributed by atoms with van der Waals surface area (Å²) in [7, 11) is 6.55. The number of rotatable bonds is 7. The van der Waals surface area contributed by atoms with Gasteiger partial charge in [-0.15, -0.1) is 0 Å². The topological polar surface area (TPSA) is 46.5 Å². The van der Waals surface area contributed by atoms with Crippen LogP contribution in [0.5, 0.6) is 0 Å². The normalized spacial score (nSPS) is 16.4. The molecule has 0 amide bonds.